The van der Waals surface area contributed by atoms with Gasteiger partial charge in [-0.25, -0.2) is 4.98 Å². The topological polar surface area (TPSA) is 66.4 Å². The van der Waals surface area contributed by atoms with Gasteiger partial charge in [0.15, 0.2) is 0 Å². The first-order valence-corrected chi connectivity index (χ1v) is 10.0. The normalized spacial score (nSPS) is 16.2. The molecule has 1 aliphatic heterocycles. The monoisotopic (exact) mass is 345 g/mol. The zero-order valence-electron chi connectivity index (χ0n) is 16.2. The van der Waals surface area contributed by atoms with Crippen LogP contribution in [0.2, 0.25) is 0 Å². The fourth-order valence-corrected chi connectivity index (χ4v) is 3.50. The highest BCUT2D eigenvalue weighted by Gasteiger charge is 2.28. The van der Waals surface area contributed by atoms with Crippen LogP contribution in [0.3, 0.4) is 0 Å². The fraction of sp³-hybridized carbons (Fsp3) is 0.700. The highest BCUT2D eigenvalue weighted by atomic mass is 15.1. The summed E-state index contributed by atoms with van der Waals surface area (Å²) in [5, 5.41) is 16.8. The maximum atomic E-state index is 9.74. The molecule has 138 valence electrons. The van der Waals surface area contributed by atoms with Gasteiger partial charge in [-0.05, 0) is 18.4 Å². The van der Waals surface area contributed by atoms with Crippen LogP contribution in [0, 0.1) is 11.3 Å². The van der Waals surface area contributed by atoms with Crippen LogP contribution in [-0.4, -0.2) is 26.7 Å². The van der Waals surface area contributed by atoms with Crippen molar-refractivity contribution in [3.05, 3.63) is 16.7 Å². The average Bonchev–Trinajstić information content (AvgIpc) is 2.62. The molecule has 0 spiro atoms. The molecule has 4 N–H and O–H groups in total. The Balaban J connectivity index is 2.24. The summed E-state index contributed by atoms with van der Waals surface area (Å²) in [5.41, 5.74) is 3.36. The van der Waals surface area contributed by atoms with Gasteiger partial charge >= 0.3 is 0 Å². The Hall–Kier alpha value is -1.80. The van der Waals surface area contributed by atoms with E-state index < -0.39 is 0 Å². The molecule has 1 unspecified atom stereocenters. The molecule has 2 rings (SSSR count). The van der Waals surface area contributed by atoms with Gasteiger partial charge in [0.25, 0.3) is 0 Å². The average molecular weight is 346 g/mol. The minimum absolute atomic E-state index is 0.818. The number of quaternary nitrogens is 1. The van der Waals surface area contributed by atoms with E-state index >= 15 is 0 Å². The number of unbranched alkanes of at least 4 members (excludes halogenated alkanes) is 4. The third-order valence-corrected chi connectivity index (χ3v) is 5.02. The van der Waals surface area contributed by atoms with Crippen molar-refractivity contribution in [3.8, 4) is 6.07 Å². The van der Waals surface area contributed by atoms with Gasteiger partial charge in [-0.3, -0.25) is 0 Å². The third kappa shape index (κ3) is 5.34. The lowest BCUT2D eigenvalue weighted by atomic mass is 9.96. The van der Waals surface area contributed by atoms with Crippen LogP contribution in [0.4, 0.5) is 11.6 Å². The molecule has 25 heavy (non-hydrogen) atoms. The first-order chi connectivity index (χ1) is 12.2. The van der Waals surface area contributed by atoms with Gasteiger partial charge in [-0.1, -0.05) is 39.5 Å². The van der Waals surface area contributed by atoms with E-state index in [1.807, 2.05) is 0 Å². The number of anilines is 2. The van der Waals surface area contributed by atoms with Gasteiger partial charge in [0.1, 0.15) is 18.2 Å². The van der Waals surface area contributed by atoms with E-state index in [1.54, 1.807) is 0 Å². The van der Waals surface area contributed by atoms with Crippen LogP contribution >= 0.6 is 0 Å². The smallest absolute Gasteiger partial charge is 0.237 e. The number of nitrogens with zero attached hydrogens (tertiary/aromatic N) is 1. The Bertz CT molecular complexity index is 591. The van der Waals surface area contributed by atoms with Gasteiger partial charge in [0.05, 0.1) is 32.2 Å². The van der Waals surface area contributed by atoms with Crippen molar-refractivity contribution < 1.29 is 9.88 Å². The van der Waals surface area contributed by atoms with E-state index in [2.05, 4.69) is 42.6 Å². The van der Waals surface area contributed by atoms with Crippen LogP contribution in [0.5, 0.6) is 0 Å². The predicted molar refractivity (Wildman–Crippen MR) is 103 cm³/mol. The lowest BCUT2D eigenvalue weighted by molar-refractivity contribution is -0.895. The van der Waals surface area contributed by atoms with Gasteiger partial charge in [0, 0.05) is 6.42 Å². The molecule has 0 aromatic carbocycles. The quantitative estimate of drug-likeness (QED) is 0.569. The second-order valence-corrected chi connectivity index (χ2v) is 7.22. The van der Waals surface area contributed by atoms with Crippen molar-refractivity contribution in [2.45, 2.75) is 65.3 Å². The van der Waals surface area contributed by atoms with Crippen molar-refractivity contribution in [3.63, 3.8) is 0 Å². The minimum Gasteiger partial charge on any atom is -0.333 e. The zero-order chi connectivity index (χ0) is 18.1. The lowest BCUT2D eigenvalue weighted by Gasteiger charge is -2.24. The largest absolute Gasteiger partial charge is 0.333 e. The molecular formula is C20H35N5+2. The fourth-order valence-electron chi connectivity index (χ4n) is 3.50. The standard InChI is InChI=1S/C20H33N5/c1-4-6-8-11-22-19-17(14-21)16-10-13-25(3)15-18(16)20(24-19)23-12-9-7-5-2/h4-13,15H2,1-3H3,(H2,22,23,24)/p+2. The molecule has 0 bridgehead atoms. The molecule has 0 radical (unpaired) electrons. The number of aromatic amines is 1. The molecule has 5 nitrogen and oxygen atoms in total. The number of hydrogen-bond donors (Lipinski definition) is 3. The van der Waals surface area contributed by atoms with Crippen LogP contribution < -0.4 is 20.5 Å². The maximum Gasteiger partial charge on any atom is 0.237 e. The summed E-state index contributed by atoms with van der Waals surface area (Å²) >= 11 is 0. The molecule has 1 atom stereocenters. The molecule has 0 amide bonds. The van der Waals surface area contributed by atoms with Gasteiger partial charge < -0.3 is 15.5 Å². The first kappa shape index (κ1) is 19.5. The molecular weight excluding hydrogens is 310 g/mol. The Morgan fingerprint density at radius 3 is 2.24 bits per heavy atom. The van der Waals surface area contributed by atoms with E-state index in [9.17, 15) is 5.26 Å². The van der Waals surface area contributed by atoms with Crippen molar-refractivity contribution in [2.75, 3.05) is 37.3 Å². The molecule has 2 heterocycles. The molecule has 0 saturated heterocycles. The lowest BCUT2D eigenvalue weighted by Crippen LogP contribution is -3.08. The number of fused-ring (bicyclic) bond motifs is 1. The van der Waals surface area contributed by atoms with Crippen molar-refractivity contribution >= 4 is 11.6 Å². The minimum atomic E-state index is 0.818. The number of aromatic nitrogens is 1. The van der Waals surface area contributed by atoms with Crippen molar-refractivity contribution in [1.82, 2.24) is 0 Å². The van der Waals surface area contributed by atoms with E-state index in [0.717, 1.165) is 56.2 Å². The number of rotatable bonds is 10. The molecule has 5 heteroatoms. The highest BCUT2D eigenvalue weighted by molar-refractivity contribution is 5.60. The van der Waals surface area contributed by atoms with E-state index in [0.29, 0.717) is 0 Å². The van der Waals surface area contributed by atoms with E-state index in [1.165, 1.54) is 48.1 Å². The number of likely N-dealkylation sites (N-methyl/N-ethyl adjacent to an activating group) is 1. The highest BCUT2D eigenvalue weighted by Crippen LogP contribution is 2.25. The van der Waals surface area contributed by atoms with Gasteiger partial charge in [-0.15, -0.1) is 0 Å². The molecule has 0 aliphatic carbocycles. The summed E-state index contributed by atoms with van der Waals surface area (Å²) in [6.07, 6.45) is 8.20. The van der Waals surface area contributed by atoms with Crippen LogP contribution in [0.1, 0.15) is 69.1 Å². The predicted octanol–water partition coefficient (Wildman–Crippen LogP) is 2.15. The number of pyridine rings is 1. The van der Waals surface area contributed by atoms with E-state index in [-0.39, 0.29) is 0 Å². The van der Waals surface area contributed by atoms with Gasteiger partial charge in [0.2, 0.25) is 11.6 Å². The SMILES string of the molecule is CCCCCNc1[nH+]c(NCCCCC)c2c(c1C#N)CC[NH+](C)C2. The second-order valence-electron chi connectivity index (χ2n) is 7.22. The van der Waals surface area contributed by atoms with Crippen LogP contribution in [0.25, 0.3) is 0 Å². The number of nitriles is 1. The summed E-state index contributed by atoms with van der Waals surface area (Å²) in [4.78, 5) is 5.01. The Morgan fingerprint density at radius 2 is 1.64 bits per heavy atom. The molecule has 1 aromatic heterocycles. The Kier molecular flexibility index (Phi) is 8.00. The first-order valence-electron chi connectivity index (χ1n) is 10.0. The molecule has 0 fully saturated rings. The summed E-state index contributed by atoms with van der Waals surface area (Å²) in [6.45, 7) is 8.41. The summed E-state index contributed by atoms with van der Waals surface area (Å²) in [7, 11) is 2.23. The third-order valence-electron chi connectivity index (χ3n) is 5.02. The molecule has 1 aliphatic rings. The maximum absolute atomic E-state index is 9.74. The van der Waals surface area contributed by atoms with Crippen molar-refractivity contribution in [1.29, 1.82) is 5.26 Å². The Labute approximate surface area is 152 Å². The Morgan fingerprint density at radius 1 is 1.00 bits per heavy atom. The van der Waals surface area contributed by atoms with Crippen molar-refractivity contribution in [2.24, 2.45) is 0 Å². The number of nitrogens with one attached hydrogen (secondary N) is 4. The number of hydrogen-bond acceptors (Lipinski definition) is 3. The molecule has 1 aromatic rings. The molecule has 0 saturated carbocycles. The summed E-state index contributed by atoms with van der Waals surface area (Å²) in [5.74, 6) is 2.01. The number of H-pyrrole nitrogens is 1. The zero-order valence-corrected chi connectivity index (χ0v) is 16.2. The van der Waals surface area contributed by atoms with E-state index in [4.69, 9.17) is 0 Å². The second kappa shape index (κ2) is 10.2. The van der Waals surface area contributed by atoms with Crippen LogP contribution in [0.15, 0.2) is 0 Å². The summed E-state index contributed by atoms with van der Waals surface area (Å²) < 4.78 is 0. The summed E-state index contributed by atoms with van der Waals surface area (Å²) in [6, 6.07) is 2.45. The van der Waals surface area contributed by atoms with Crippen LogP contribution in [-0.2, 0) is 13.0 Å². The van der Waals surface area contributed by atoms with Gasteiger partial charge in [-0.2, -0.15) is 5.26 Å².